The zero-order chi connectivity index (χ0) is 15.1. The third-order valence-electron chi connectivity index (χ3n) is 3.81. The first-order valence-corrected chi connectivity index (χ1v) is 7.67. The molecule has 1 aromatic rings. The third-order valence-corrected chi connectivity index (χ3v) is 3.92. The first kappa shape index (κ1) is 15.8. The second-order valence-electron chi connectivity index (χ2n) is 5.21. The van der Waals surface area contributed by atoms with Gasteiger partial charge in [0.15, 0.2) is 6.07 Å². The van der Waals surface area contributed by atoms with E-state index in [-0.39, 0.29) is 29.8 Å². The Labute approximate surface area is 129 Å². The van der Waals surface area contributed by atoms with Crippen molar-refractivity contribution in [3.63, 3.8) is 0 Å². The van der Waals surface area contributed by atoms with Crippen LogP contribution in [-0.2, 0) is 25.7 Å². The van der Waals surface area contributed by atoms with Gasteiger partial charge in [-0.2, -0.15) is 0 Å². The molecule has 4 nitrogen and oxygen atoms in total. The SMILES string of the molecule is O=C(OCCl)C1CCC(C(=O)OCc2ccccc2)CC1. The van der Waals surface area contributed by atoms with E-state index in [9.17, 15) is 9.59 Å². The number of ether oxygens (including phenoxy) is 2. The summed E-state index contributed by atoms with van der Waals surface area (Å²) in [6.45, 7) is 0.299. The molecule has 0 radical (unpaired) electrons. The normalized spacial score (nSPS) is 21.6. The Morgan fingerprint density at radius 1 is 0.952 bits per heavy atom. The van der Waals surface area contributed by atoms with Crippen molar-refractivity contribution in [1.82, 2.24) is 0 Å². The minimum absolute atomic E-state index is 0.113. The summed E-state index contributed by atoms with van der Waals surface area (Å²) < 4.78 is 10.1. The van der Waals surface area contributed by atoms with Crippen molar-refractivity contribution in [3.05, 3.63) is 35.9 Å². The van der Waals surface area contributed by atoms with Crippen LogP contribution in [0.2, 0.25) is 0 Å². The van der Waals surface area contributed by atoms with Crippen LogP contribution < -0.4 is 0 Å². The van der Waals surface area contributed by atoms with Crippen LogP contribution in [0.1, 0.15) is 31.2 Å². The van der Waals surface area contributed by atoms with E-state index in [1.807, 2.05) is 30.3 Å². The van der Waals surface area contributed by atoms with Gasteiger partial charge in [0, 0.05) is 0 Å². The number of hydrogen-bond acceptors (Lipinski definition) is 4. The Morgan fingerprint density at radius 2 is 1.48 bits per heavy atom. The Balaban J connectivity index is 1.74. The second kappa shape index (κ2) is 8.03. The molecule has 2 rings (SSSR count). The summed E-state index contributed by atoms with van der Waals surface area (Å²) in [6.07, 6.45) is 2.63. The Morgan fingerprint density at radius 3 is 2.00 bits per heavy atom. The molecule has 0 aliphatic heterocycles. The van der Waals surface area contributed by atoms with Gasteiger partial charge >= 0.3 is 11.9 Å². The van der Waals surface area contributed by atoms with E-state index in [0.717, 1.165) is 5.56 Å². The highest BCUT2D eigenvalue weighted by Gasteiger charge is 2.31. The van der Waals surface area contributed by atoms with Gasteiger partial charge in [-0.3, -0.25) is 9.59 Å². The first-order chi connectivity index (χ1) is 10.2. The standard InChI is InChI=1S/C16H19ClO4/c17-11-21-16(19)14-8-6-13(7-9-14)15(18)20-10-12-4-2-1-3-5-12/h1-5,13-14H,6-11H2. The zero-order valence-corrected chi connectivity index (χ0v) is 12.6. The molecule has 0 amide bonds. The fourth-order valence-electron chi connectivity index (χ4n) is 2.58. The van der Waals surface area contributed by atoms with E-state index >= 15 is 0 Å². The molecular formula is C16H19ClO4. The van der Waals surface area contributed by atoms with Crippen LogP contribution in [-0.4, -0.2) is 18.0 Å². The van der Waals surface area contributed by atoms with E-state index in [4.69, 9.17) is 21.1 Å². The summed E-state index contributed by atoms with van der Waals surface area (Å²) in [5, 5.41) is 0. The quantitative estimate of drug-likeness (QED) is 0.618. The molecule has 0 heterocycles. The predicted molar refractivity (Wildman–Crippen MR) is 78.5 cm³/mol. The van der Waals surface area contributed by atoms with E-state index in [2.05, 4.69) is 0 Å². The van der Waals surface area contributed by atoms with Crippen molar-refractivity contribution in [3.8, 4) is 0 Å². The monoisotopic (exact) mass is 310 g/mol. The number of rotatable bonds is 5. The van der Waals surface area contributed by atoms with Crippen molar-refractivity contribution in [1.29, 1.82) is 0 Å². The fraction of sp³-hybridized carbons (Fsp3) is 0.500. The lowest BCUT2D eigenvalue weighted by molar-refractivity contribution is -0.155. The Kier molecular flexibility index (Phi) is 6.05. The van der Waals surface area contributed by atoms with Crippen molar-refractivity contribution in [2.45, 2.75) is 32.3 Å². The molecule has 0 spiro atoms. The highest BCUT2D eigenvalue weighted by Crippen LogP contribution is 2.30. The maximum atomic E-state index is 12.0. The molecule has 0 bridgehead atoms. The molecule has 1 saturated carbocycles. The molecular weight excluding hydrogens is 292 g/mol. The van der Waals surface area contributed by atoms with Crippen molar-refractivity contribution < 1.29 is 19.1 Å². The predicted octanol–water partition coefficient (Wildman–Crippen LogP) is 3.28. The maximum absolute atomic E-state index is 12.0. The van der Waals surface area contributed by atoms with Crippen LogP contribution in [0.25, 0.3) is 0 Å². The largest absolute Gasteiger partial charge is 0.461 e. The van der Waals surface area contributed by atoms with Crippen molar-refractivity contribution in [2.24, 2.45) is 11.8 Å². The lowest BCUT2D eigenvalue weighted by Gasteiger charge is -2.25. The number of halogens is 1. The lowest BCUT2D eigenvalue weighted by atomic mass is 9.82. The van der Waals surface area contributed by atoms with Crippen LogP contribution in [0.4, 0.5) is 0 Å². The molecule has 114 valence electrons. The van der Waals surface area contributed by atoms with Crippen LogP contribution in [0.5, 0.6) is 0 Å². The summed E-state index contributed by atoms with van der Waals surface area (Å²) in [5.41, 5.74) is 0.977. The molecule has 0 saturated heterocycles. The highest BCUT2D eigenvalue weighted by atomic mass is 35.5. The van der Waals surface area contributed by atoms with E-state index < -0.39 is 0 Å². The van der Waals surface area contributed by atoms with Crippen LogP contribution in [0, 0.1) is 11.8 Å². The Bertz CT molecular complexity index is 466. The maximum Gasteiger partial charge on any atom is 0.310 e. The summed E-state index contributed by atoms with van der Waals surface area (Å²) in [7, 11) is 0. The van der Waals surface area contributed by atoms with Crippen LogP contribution >= 0.6 is 11.6 Å². The molecule has 1 fully saturated rings. The average molecular weight is 311 g/mol. The number of hydrogen-bond donors (Lipinski definition) is 0. The number of alkyl halides is 1. The number of benzene rings is 1. The number of carbonyl (C=O) groups is 2. The smallest absolute Gasteiger partial charge is 0.310 e. The van der Waals surface area contributed by atoms with Gasteiger partial charge < -0.3 is 9.47 Å². The molecule has 0 unspecified atom stereocenters. The number of esters is 2. The first-order valence-electron chi connectivity index (χ1n) is 7.14. The van der Waals surface area contributed by atoms with Gasteiger partial charge in [-0.1, -0.05) is 41.9 Å². The van der Waals surface area contributed by atoms with Crippen LogP contribution in [0.15, 0.2) is 30.3 Å². The summed E-state index contributed by atoms with van der Waals surface area (Å²) in [6, 6.07) is 9.48. The minimum atomic E-state index is -0.263. The summed E-state index contributed by atoms with van der Waals surface area (Å²) in [4.78, 5) is 23.6. The molecule has 5 heteroatoms. The average Bonchev–Trinajstić information content (AvgIpc) is 2.54. The van der Waals surface area contributed by atoms with Gasteiger partial charge in [0.05, 0.1) is 11.8 Å². The molecule has 1 aliphatic rings. The third kappa shape index (κ3) is 4.74. The zero-order valence-electron chi connectivity index (χ0n) is 11.8. The highest BCUT2D eigenvalue weighted by molar-refractivity contribution is 6.17. The molecule has 1 aliphatic carbocycles. The van der Waals surface area contributed by atoms with Crippen molar-refractivity contribution in [2.75, 3.05) is 6.07 Å². The number of carbonyl (C=O) groups excluding carboxylic acids is 2. The van der Waals surface area contributed by atoms with Gasteiger partial charge in [-0.05, 0) is 31.2 Å². The van der Waals surface area contributed by atoms with E-state index in [0.29, 0.717) is 32.3 Å². The molecule has 0 N–H and O–H groups in total. The summed E-state index contributed by atoms with van der Waals surface area (Å²) >= 11 is 5.38. The molecule has 21 heavy (non-hydrogen) atoms. The van der Waals surface area contributed by atoms with Gasteiger partial charge in [0.1, 0.15) is 6.61 Å². The topological polar surface area (TPSA) is 52.6 Å². The fourth-order valence-corrected chi connectivity index (χ4v) is 2.69. The van der Waals surface area contributed by atoms with Crippen LogP contribution in [0.3, 0.4) is 0 Å². The summed E-state index contributed by atoms with van der Waals surface area (Å²) in [5.74, 6) is -0.695. The van der Waals surface area contributed by atoms with E-state index in [1.54, 1.807) is 0 Å². The Hall–Kier alpha value is -1.55. The van der Waals surface area contributed by atoms with Gasteiger partial charge in [-0.25, -0.2) is 0 Å². The lowest BCUT2D eigenvalue weighted by Crippen LogP contribution is -2.28. The van der Waals surface area contributed by atoms with Gasteiger partial charge in [-0.15, -0.1) is 0 Å². The molecule has 0 atom stereocenters. The minimum Gasteiger partial charge on any atom is -0.461 e. The molecule has 1 aromatic carbocycles. The van der Waals surface area contributed by atoms with E-state index in [1.165, 1.54) is 0 Å². The van der Waals surface area contributed by atoms with Crippen molar-refractivity contribution >= 4 is 23.5 Å². The van der Waals surface area contributed by atoms with Gasteiger partial charge in [0.2, 0.25) is 0 Å². The van der Waals surface area contributed by atoms with Gasteiger partial charge in [0.25, 0.3) is 0 Å². The molecule has 0 aromatic heterocycles. The second-order valence-corrected chi connectivity index (χ2v) is 5.43.